The first-order chi connectivity index (χ1) is 23.7. The summed E-state index contributed by atoms with van der Waals surface area (Å²) < 4.78 is 22.7. The van der Waals surface area contributed by atoms with Crippen LogP contribution < -0.4 is 38.1 Å². The third kappa shape index (κ3) is 17.3. The predicted molar refractivity (Wildman–Crippen MR) is 204 cm³/mol. The summed E-state index contributed by atoms with van der Waals surface area (Å²) in [6.45, 7) is 7.34. The van der Waals surface area contributed by atoms with E-state index in [9.17, 15) is 4.39 Å². The summed E-state index contributed by atoms with van der Waals surface area (Å²) in [6.07, 6.45) is 0. The summed E-state index contributed by atoms with van der Waals surface area (Å²) in [5.41, 5.74) is 33.5. The van der Waals surface area contributed by atoms with Crippen LogP contribution in [-0.4, -0.2) is 13.7 Å². The van der Waals surface area contributed by atoms with E-state index >= 15 is 0 Å². The number of ether oxygens (including phenoxy) is 2. The molecular formula is C39H50Cl2FN5O2. The van der Waals surface area contributed by atoms with E-state index in [1.807, 2.05) is 73.7 Å². The zero-order chi connectivity index (χ0) is 36.4. The number of aryl methyl sites for hydroxylation is 1. The van der Waals surface area contributed by atoms with Crippen molar-refractivity contribution in [2.45, 2.75) is 46.6 Å². The Morgan fingerprint density at radius 1 is 0.551 bits per heavy atom. The van der Waals surface area contributed by atoms with E-state index in [4.69, 9.17) is 61.3 Å². The van der Waals surface area contributed by atoms with Gasteiger partial charge in [-0.05, 0) is 72.5 Å². The van der Waals surface area contributed by atoms with Crippen molar-refractivity contribution in [3.63, 3.8) is 0 Å². The number of benzene rings is 5. The Balaban J connectivity index is 0.000000307. The molecule has 5 rings (SSSR count). The largest absolute Gasteiger partial charge is 0.496 e. The van der Waals surface area contributed by atoms with Gasteiger partial charge in [0, 0.05) is 43.9 Å². The quantitative estimate of drug-likeness (QED) is 0.110. The van der Waals surface area contributed by atoms with Crippen molar-refractivity contribution in [1.29, 1.82) is 0 Å². The van der Waals surface area contributed by atoms with Crippen molar-refractivity contribution in [3.8, 4) is 11.5 Å². The van der Waals surface area contributed by atoms with Crippen LogP contribution in [0.4, 0.5) is 4.39 Å². The van der Waals surface area contributed by atoms with Crippen molar-refractivity contribution in [2.24, 2.45) is 28.7 Å². The Kier molecular flexibility index (Phi) is 22.8. The maximum Gasteiger partial charge on any atom is 0.123 e. The van der Waals surface area contributed by atoms with Crippen LogP contribution in [0.5, 0.6) is 11.5 Å². The third-order valence-corrected chi connectivity index (χ3v) is 7.47. The Hall–Kier alpha value is -3.99. The highest BCUT2D eigenvalue weighted by Crippen LogP contribution is 2.22. The molecule has 0 bridgehead atoms. The van der Waals surface area contributed by atoms with E-state index in [1.165, 1.54) is 23.3 Å². The molecule has 10 N–H and O–H groups in total. The molecule has 0 unspecified atom stereocenters. The normalized spacial score (nSPS) is 9.61. The highest BCUT2D eigenvalue weighted by atomic mass is 35.5. The molecule has 49 heavy (non-hydrogen) atoms. The van der Waals surface area contributed by atoms with Crippen LogP contribution in [0.2, 0.25) is 10.0 Å². The van der Waals surface area contributed by atoms with Crippen molar-refractivity contribution >= 4 is 23.2 Å². The fourth-order valence-electron chi connectivity index (χ4n) is 4.01. The minimum Gasteiger partial charge on any atom is -0.496 e. The molecule has 5 aromatic carbocycles. The zero-order valence-electron chi connectivity index (χ0n) is 28.5. The van der Waals surface area contributed by atoms with Gasteiger partial charge in [0.05, 0.1) is 23.8 Å². The minimum absolute atomic E-state index is 0.224. The molecule has 0 spiro atoms. The van der Waals surface area contributed by atoms with Gasteiger partial charge in [0.25, 0.3) is 0 Å². The van der Waals surface area contributed by atoms with Gasteiger partial charge in [-0.2, -0.15) is 0 Å². The Bertz CT molecular complexity index is 1600. The number of nitrogens with two attached hydrogens (primary N) is 5. The molecule has 0 amide bonds. The van der Waals surface area contributed by atoms with Crippen LogP contribution in [0.1, 0.15) is 40.3 Å². The van der Waals surface area contributed by atoms with E-state index in [0.717, 1.165) is 33.8 Å². The lowest BCUT2D eigenvalue weighted by molar-refractivity contribution is 0.336. The van der Waals surface area contributed by atoms with E-state index in [0.29, 0.717) is 49.4 Å². The molecule has 7 nitrogen and oxygen atoms in total. The average Bonchev–Trinajstić information content (AvgIpc) is 3.14. The molecular weight excluding hydrogens is 660 g/mol. The predicted octanol–water partition coefficient (Wildman–Crippen LogP) is 7.89. The second-order valence-electron chi connectivity index (χ2n) is 10.2. The SMILES string of the molecule is CCOc1ccccc1CN.COc1ccccc1CN.Cc1ccccc1CN.NCc1ccc(Cl)c(Cl)c1.NCc1cccc(F)c1. The van der Waals surface area contributed by atoms with Gasteiger partial charge in [0.2, 0.25) is 0 Å². The van der Waals surface area contributed by atoms with Crippen LogP contribution in [-0.2, 0) is 32.7 Å². The van der Waals surface area contributed by atoms with Crippen molar-refractivity contribution in [3.05, 3.63) is 165 Å². The molecule has 0 saturated carbocycles. The van der Waals surface area contributed by atoms with Gasteiger partial charge in [-0.25, -0.2) is 4.39 Å². The summed E-state index contributed by atoms with van der Waals surface area (Å²) in [6, 6.07) is 35.4. The summed E-state index contributed by atoms with van der Waals surface area (Å²) in [7, 11) is 1.65. The van der Waals surface area contributed by atoms with Crippen LogP contribution >= 0.6 is 23.2 Å². The first-order valence-corrected chi connectivity index (χ1v) is 16.5. The molecule has 0 aliphatic rings. The van der Waals surface area contributed by atoms with Gasteiger partial charge >= 0.3 is 0 Å². The number of methoxy groups -OCH3 is 1. The Morgan fingerprint density at radius 2 is 1.06 bits per heavy atom. The second kappa shape index (κ2) is 26.0. The zero-order valence-corrected chi connectivity index (χ0v) is 30.1. The standard InChI is InChI=1S/C9H13NO.C8H11NO.C8H11N.C7H7Cl2N.C7H8FN/c1-2-11-9-6-4-3-5-8(9)7-10;1-10-8-5-3-2-4-7(8)6-9;1-7-4-2-3-5-8(7)6-9;8-6-2-1-5(4-10)3-7(6)9;8-7-3-1-2-6(4-7)5-9/h3-6H,2,7,10H2,1H3;2-5H,6,9H2,1H3;2-5H,6,9H2,1H3;1-3H,4,10H2;1-4H,5,9H2. The highest BCUT2D eigenvalue weighted by molar-refractivity contribution is 6.42. The van der Waals surface area contributed by atoms with E-state index in [-0.39, 0.29) is 5.82 Å². The third-order valence-electron chi connectivity index (χ3n) is 6.73. The lowest BCUT2D eigenvalue weighted by atomic mass is 10.1. The van der Waals surface area contributed by atoms with Gasteiger partial charge in [-0.15, -0.1) is 0 Å². The summed E-state index contributed by atoms with van der Waals surface area (Å²) in [5, 5.41) is 1.13. The van der Waals surface area contributed by atoms with Gasteiger partial charge in [-0.3, -0.25) is 0 Å². The van der Waals surface area contributed by atoms with Crippen molar-refractivity contribution in [1.82, 2.24) is 0 Å². The molecule has 0 radical (unpaired) electrons. The van der Waals surface area contributed by atoms with Gasteiger partial charge < -0.3 is 38.1 Å². The number of hydrogen-bond acceptors (Lipinski definition) is 7. The monoisotopic (exact) mass is 709 g/mol. The molecule has 0 fully saturated rings. The molecule has 0 aliphatic heterocycles. The molecule has 0 atom stereocenters. The summed E-state index contributed by atoms with van der Waals surface area (Å²) in [4.78, 5) is 0. The first kappa shape index (κ1) is 43.0. The van der Waals surface area contributed by atoms with Gasteiger partial charge in [-0.1, -0.05) is 102 Å². The fourth-order valence-corrected chi connectivity index (χ4v) is 4.33. The maximum absolute atomic E-state index is 12.3. The van der Waals surface area contributed by atoms with Crippen LogP contribution in [0, 0.1) is 12.7 Å². The molecule has 264 valence electrons. The Labute approximate surface area is 301 Å². The number of rotatable bonds is 8. The van der Waals surface area contributed by atoms with E-state index in [2.05, 4.69) is 19.1 Å². The summed E-state index contributed by atoms with van der Waals surface area (Å²) >= 11 is 11.4. The van der Waals surface area contributed by atoms with Crippen LogP contribution in [0.25, 0.3) is 0 Å². The minimum atomic E-state index is -0.224. The molecule has 10 heteroatoms. The van der Waals surface area contributed by atoms with Crippen LogP contribution in [0.15, 0.2) is 115 Å². The van der Waals surface area contributed by atoms with E-state index < -0.39 is 0 Å². The molecule has 0 heterocycles. The topological polar surface area (TPSA) is 149 Å². The lowest BCUT2D eigenvalue weighted by Gasteiger charge is -2.06. The smallest absolute Gasteiger partial charge is 0.123 e. The van der Waals surface area contributed by atoms with E-state index in [1.54, 1.807) is 31.4 Å². The number of para-hydroxylation sites is 2. The maximum atomic E-state index is 12.3. The molecule has 0 aromatic heterocycles. The van der Waals surface area contributed by atoms with Gasteiger partial charge in [0.1, 0.15) is 17.3 Å². The lowest BCUT2D eigenvalue weighted by Crippen LogP contribution is -2.01. The number of hydrogen-bond donors (Lipinski definition) is 5. The first-order valence-electron chi connectivity index (χ1n) is 15.7. The highest BCUT2D eigenvalue weighted by Gasteiger charge is 1.98. The molecule has 0 saturated heterocycles. The fraction of sp³-hybridized carbons (Fsp3) is 0.231. The number of halogens is 3. The van der Waals surface area contributed by atoms with Crippen LogP contribution in [0.3, 0.4) is 0 Å². The van der Waals surface area contributed by atoms with Crippen molar-refractivity contribution in [2.75, 3.05) is 13.7 Å². The second-order valence-corrected chi connectivity index (χ2v) is 11.0. The van der Waals surface area contributed by atoms with Gasteiger partial charge in [0.15, 0.2) is 0 Å². The average molecular weight is 711 g/mol. The van der Waals surface area contributed by atoms with Crippen molar-refractivity contribution < 1.29 is 13.9 Å². The molecule has 5 aromatic rings. The summed E-state index contributed by atoms with van der Waals surface area (Å²) in [5.74, 6) is 1.54. The Morgan fingerprint density at radius 3 is 1.49 bits per heavy atom. The molecule has 0 aliphatic carbocycles.